The number of hydrogen-bond donors (Lipinski definition) is 1. The van der Waals surface area contributed by atoms with Crippen molar-refractivity contribution in [3.8, 4) is 5.75 Å². The van der Waals surface area contributed by atoms with Crippen molar-refractivity contribution >= 4 is 0 Å². The van der Waals surface area contributed by atoms with E-state index in [4.69, 9.17) is 4.74 Å². The van der Waals surface area contributed by atoms with E-state index in [2.05, 4.69) is 37.4 Å². The zero-order valence-electron chi connectivity index (χ0n) is 10.9. The summed E-state index contributed by atoms with van der Waals surface area (Å²) in [5.41, 5.74) is 1.30. The van der Waals surface area contributed by atoms with E-state index in [1.54, 1.807) is 0 Å². The van der Waals surface area contributed by atoms with Crippen molar-refractivity contribution in [1.82, 2.24) is 5.32 Å². The molecule has 1 aliphatic carbocycles. The topological polar surface area (TPSA) is 21.3 Å². The second-order valence-corrected chi connectivity index (χ2v) is 5.22. The molecule has 0 radical (unpaired) electrons. The highest BCUT2D eigenvalue weighted by Crippen LogP contribution is 2.31. The Labute approximate surface area is 104 Å². The summed E-state index contributed by atoms with van der Waals surface area (Å²) >= 11 is 0. The molecule has 1 saturated carbocycles. The molecule has 1 aromatic carbocycles. The predicted octanol–water partition coefficient (Wildman–Crippen LogP) is 3.36. The van der Waals surface area contributed by atoms with Gasteiger partial charge in [-0.2, -0.15) is 0 Å². The molecule has 1 fully saturated rings. The third kappa shape index (κ3) is 4.78. The zero-order chi connectivity index (χ0) is 12.1. The van der Waals surface area contributed by atoms with E-state index in [0.29, 0.717) is 0 Å². The molecule has 0 spiro atoms. The maximum atomic E-state index is 5.68. The molecule has 0 bridgehead atoms. The molecule has 0 unspecified atom stereocenters. The van der Waals surface area contributed by atoms with Gasteiger partial charge in [-0.15, -0.1) is 0 Å². The van der Waals surface area contributed by atoms with Gasteiger partial charge in [-0.1, -0.05) is 25.0 Å². The number of hydrogen-bond acceptors (Lipinski definition) is 2. The van der Waals surface area contributed by atoms with Gasteiger partial charge in [-0.3, -0.25) is 0 Å². The van der Waals surface area contributed by atoms with Gasteiger partial charge in [0.05, 0.1) is 6.10 Å². The lowest BCUT2D eigenvalue weighted by atomic mass is 10.2. The fraction of sp³-hybridized carbons (Fsp3) is 0.600. The summed E-state index contributed by atoms with van der Waals surface area (Å²) in [4.78, 5) is 0. The minimum atomic E-state index is 0.244. The fourth-order valence-corrected chi connectivity index (χ4v) is 1.95. The Balaban J connectivity index is 1.74. The molecule has 0 atom stereocenters. The van der Waals surface area contributed by atoms with Crippen LogP contribution in [0.3, 0.4) is 0 Å². The van der Waals surface area contributed by atoms with Crippen LogP contribution in [0.5, 0.6) is 5.75 Å². The Morgan fingerprint density at radius 3 is 2.88 bits per heavy atom. The molecule has 1 aromatic rings. The predicted molar refractivity (Wildman–Crippen MR) is 71.3 cm³/mol. The first-order chi connectivity index (χ1) is 8.24. The van der Waals surface area contributed by atoms with Gasteiger partial charge < -0.3 is 10.1 Å². The van der Waals surface area contributed by atoms with Crippen LogP contribution in [0, 0.1) is 5.92 Å². The summed E-state index contributed by atoms with van der Waals surface area (Å²) in [7, 11) is 0. The lowest BCUT2D eigenvalue weighted by molar-refractivity contribution is 0.242. The van der Waals surface area contributed by atoms with E-state index in [0.717, 1.165) is 24.8 Å². The van der Waals surface area contributed by atoms with Crippen LogP contribution in [0.25, 0.3) is 0 Å². The highest BCUT2D eigenvalue weighted by atomic mass is 16.5. The molecule has 1 aliphatic rings. The van der Waals surface area contributed by atoms with Crippen molar-refractivity contribution in [2.45, 2.75) is 45.8 Å². The van der Waals surface area contributed by atoms with E-state index in [1.165, 1.54) is 24.8 Å². The first-order valence-electron chi connectivity index (χ1n) is 6.70. The maximum absolute atomic E-state index is 5.68. The lowest BCUT2D eigenvalue weighted by Gasteiger charge is -2.11. The van der Waals surface area contributed by atoms with Crippen molar-refractivity contribution in [2.75, 3.05) is 6.54 Å². The second-order valence-electron chi connectivity index (χ2n) is 5.22. The third-order valence-electron chi connectivity index (χ3n) is 3.03. The number of ether oxygens (including phenoxy) is 1. The second kappa shape index (κ2) is 6.06. The quantitative estimate of drug-likeness (QED) is 0.729. The molecule has 0 aliphatic heterocycles. The van der Waals surface area contributed by atoms with Crippen LogP contribution in [-0.2, 0) is 6.54 Å². The molecular formula is C15H23NO. The average molecular weight is 233 g/mol. The molecule has 94 valence electrons. The van der Waals surface area contributed by atoms with Gasteiger partial charge in [-0.25, -0.2) is 0 Å². The molecule has 2 heteroatoms. The van der Waals surface area contributed by atoms with E-state index < -0.39 is 0 Å². The van der Waals surface area contributed by atoms with E-state index in [1.807, 2.05) is 6.07 Å². The highest BCUT2D eigenvalue weighted by molar-refractivity contribution is 5.28. The third-order valence-corrected chi connectivity index (χ3v) is 3.03. The fourth-order valence-electron chi connectivity index (χ4n) is 1.95. The summed E-state index contributed by atoms with van der Waals surface area (Å²) in [5, 5.41) is 3.50. The monoisotopic (exact) mass is 233 g/mol. The number of rotatable bonds is 7. The summed E-state index contributed by atoms with van der Waals surface area (Å²) in [6, 6.07) is 8.37. The van der Waals surface area contributed by atoms with Crippen LogP contribution < -0.4 is 10.1 Å². The zero-order valence-corrected chi connectivity index (χ0v) is 10.9. The van der Waals surface area contributed by atoms with E-state index in [-0.39, 0.29) is 6.10 Å². The van der Waals surface area contributed by atoms with E-state index in [9.17, 15) is 0 Å². The Bertz CT molecular complexity index is 345. The van der Waals surface area contributed by atoms with Gasteiger partial charge in [0.2, 0.25) is 0 Å². The summed E-state index contributed by atoms with van der Waals surface area (Å²) in [6.07, 6.45) is 4.47. The lowest BCUT2D eigenvalue weighted by Crippen LogP contribution is -2.15. The standard InChI is InChI=1S/C15H23NO/c1-12(2)17-15-5-3-4-14(10-15)11-16-9-8-13-6-7-13/h3-5,10,12-13,16H,6-9,11H2,1-2H3. The summed E-state index contributed by atoms with van der Waals surface area (Å²) in [5.74, 6) is 1.99. The van der Waals surface area contributed by atoms with Crippen LogP contribution in [0.2, 0.25) is 0 Å². The SMILES string of the molecule is CC(C)Oc1cccc(CNCCC2CC2)c1. The molecule has 2 rings (SSSR count). The molecule has 0 aromatic heterocycles. The summed E-state index contributed by atoms with van der Waals surface area (Å²) < 4.78 is 5.68. The number of benzene rings is 1. The largest absolute Gasteiger partial charge is 0.491 e. The molecule has 17 heavy (non-hydrogen) atoms. The maximum Gasteiger partial charge on any atom is 0.120 e. The molecular weight excluding hydrogens is 210 g/mol. The first kappa shape index (κ1) is 12.4. The molecule has 0 amide bonds. The molecule has 0 heterocycles. The Hall–Kier alpha value is -1.02. The normalized spacial score (nSPS) is 15.2. The van der Waals surface area contributed by atoms with Crippen molar-refractivity contribution in [2.24, 2.45) is 5.92 Å². The van der Waals surface area contributed by atoms with E-state index >= 15 is 0 Å². The van der Waals surface area contributed by atoms with Gasteiger partial charge >= 0.3 is 0 Å². The van der Waals surface area contributed by atoms with Crippen molar-refractivity contribution in [3.05, 3.63) is 29.8 Å². The Morgan fingerprint density at radius 1 is 1.35 bits per heavy atom. The van der Waals surface area contributed by atoms with Crippen LogP contribution in [-0.4, -0.2) is 12.6 Å². The molecule has 0 saturated heterocycles. The van der Waals surface area contributed by atoms with Crippen LogP contribution in [0.4, 0.5) is 0 Å². The molecule has 1 N–H and O–H groups in total. The van der Waals surface area contributed by atoms with Gasteiger partial charge in [0.1, 0.15) is 5.75 Å². The number of nitrogens with one attached hydrogen (secondary N) is 1. The Morgan fingerprint density at radius 2 is 2.18 bits per heavy atom. The van der Waals surface area contributed by atoms with Gasteiger partial charge in [0.15, 0.2) is 0 Å². The smallest absolute Gasteiger partial charge is 0.120 e. The first-order valence-corrected chi connectivity index (χ1v) is 6.70. The van der Waals surface area contributed by atoms with Crippen LogP contribution >= 0.6 is 0 Å². The average Bonchev–Trinajstić information content (AvgIpc) is 3.08. The van der Waals surface area contributed by atoms with Crippen molar-refractivity contribution < 1.29 is 4.74 Å². The van der Waals surface area contributed by atoms with Crippen LogP contribution in [0.1, 0.15) is 38.7 Å². The minimum absolute atomic E-state index is 0.244. The van der Waals surface area contributed by atoms with Crippen molar-refractivity contribution in [3.63, 3.8) is 0 Å². The molecule has 2 nitrogen and oxygen atoms in total. The Kier molecular flexibility index (Phi) is 4.43. The van der Waals surface area contributed by atoms with Crippen LogP contribution in [0.15, 0.2) is 24.3 Å². The summed E-state index contributed by atoms with van der Waals surface area (Å²) in [6.45, 7) is 6.20. The van der Waals surface area contributed by atoms with Gasteiger partial charge in [0, 0.05) is 6.54 Å². The van der Waals surface area contributed by atoms with Crippen molar-refractivity contribution in [1.29, 1.82) is 0 Å². The van der Waals surface area contributed by atoms with Gasteiger partial charge in [-0.05, 0) is 50.4 Å². The minimum Gasteiger partial charge on any atom is -0.491 e. The highest BCUT2D eigenvalue weighted by Gasteiger charge is 2.19. The van der Waals surface area contributed by atoms with Gasteiger partial charge in [0.25, 0.3) is 0 Å².